The van der Waals surface area contributed by atoms with Crippen molar-refractivity contribution < 1.29 is 0 Å². The maximum Gasteiger partial charge on any atom is 0.0130 e. The van der Waals surface area contributed by atoms with Gasteiger partial charge in [0, 0.05) is 9.75 Å². The molecule has 194 valence electrons. The number of hydrogen-bond donors (Lipinski definition) is 0. The van der Waals surface area contributed by atoms with Crippen molar-refractivity contribution in [3.05, 3.63) is 139 Å². The van der Waals surface area contributed by atoms with Crippen molar-refractivity contribution in [1.82, 2.24) is 0 Å². The molecule has 0 bridgehead atoms. The molecule has 0 saturated heterocycles. The van der Waals surface area contributed by atoms with Crippen LogP contribution in [0.4, 0.5) is 0 Å². The summed E-state index contributed by atoms with van der Waals surface area (Å²) in [6.07, 6.45) is 28.8. The second-order valence-corrected chi connectivity index (χ2v) is 16.5. The zero-order chi connectivity index (χ0) is 26.0. The predicted octanol–water partition coefficient (Wildman–Crippen LogP) is 10.4. The largest absolute Gasteiger partial charge is 0.144 e. The summed E-state index contributed by atoms with van der Waals surface area (Å²) in [5, 5.41) is 9.62. The Kier molecular flexibility index (Phi) is 7.50. The maximum atomic E-state index is 2.64. The van der Waals surface area contributed by atoms with Gasteiger partial charge in [-0.3, -0.25) is 0 Å². The average molecular weight is 561 g/mol. The molecular formula is C36H34P2S. The van der Waals surface area contributed by atoms with Crippen LogP contribution in [0.25, 0.3) is 12.2 Å². The third-order valence-electron chi connectivity index (χ3n) is 8.14. The van der Waals surface area contributed by atoms with Crippen LogP contribution in [-0.4, -0.2) is 0 Å². The Labute approximate surface area is 239 Å². The molecule has 2 unspecified atom stereocenters. The molecular weight excluding hydrogens is 526 g/mol. The number of fused-ring (bicyclic) bond motifs is 3. The van der Waals surface area contributed by atoms with Gasteiger partial charge >= 0.3 is 0 Å². The molecule has 4 aliphatic carbocycles. The van der Waals surface area contributed by atoms with Crippen LogP contribution >= 0.6 is 27.2 Å². The molecule has 0 saturated carbocycles. The zero-order valence-electron chi connectivity index (χ0n) is 22.4. The minimum atomic E-state index is -0.439. The van der Waals surface area contributed by atoms with Crippen molar-refractivity contribution in [1.29, 1.82) is 0 Å². The lowest BCUT2D eigenvalue weighted by atomic mass is 9.97. The highest BCUT2D eigenvalue weighted by Gasteiger charge is 2.30. The summed E-state index contributed by atoms with van der Waals surface area (Å²) in [6, 6.07) is 22.7. The quantitative estimate of drug-likeness (QED) is 0.263. The fourth-order valence-electron chi connectivity index (χ4n) is 6.30. The minimum Gasteiger partial charge on any atom is -0.144 e. The van der Waals surface area contributed by atoms with Gasteiger partial charge in [0.25, 0.3) is 0 Å². The second kappa shape index (κ2) is 11.5. The highest BCUT2D eigenvalue weighted by Crippen LogP contribution is 2.60. The van der Waals surface area contributed by atoms with Crippen molar-refractivity contribution in [2.45, 2.75) is 51.4 Å². The van der Waals surface area contributed by atoms with Gasteiger partial charge in [0.2, 0.25) is 0 Å². The van der Waals surface area contributed by atoms with E-state index in [1.165, 1.54) is 62.0 Å². The van der Waals surface area contributed by atoms with E-state index in [0.29, 0.717) is 0 Å². The van der Waals surface area contributed by atoms with Gasteiger partial charge in [0.05, 0.1) is 0 Å². The first kappa shape index (κ1) is 25.4. The molecule has 0 nitrogen and oxygen atoms in total. The van der Waals surface area contributed by atoms with Crippen molar-refractivity contribution in [3.63, 3.8) is 0 Å². The van der Waals surface area contributed by atoms with Gasteiger partial charge in [-0.15, -0.1) is 11.3 Å². The molecule has 2 aromatic carbocycles. The topological polar surface area (TPSA) is 0 Å². The summed E-state index contributed by atoms with van der Waals surface area (Å²) >= 11 is 2.10. The lowest BCUT2D eigenvalue weighted by molar-refractivity contribution is 0.981. The van der Waals surface area contributed by atoms with E-state index in [1.807, 2.05) is 0 Å². The molecule has 1 heterocycles. The Morgan fingerprint density at radius 1 is 0.487 bits per heavy atom. The van der Waals surface area contributed by atoms with Crippen LogP contribution < -0.4 is 10.6 Å². The van der Waals surface area contributed by atoms with Crippen LogP contribution in [0.1, 0.15) is 59.4 Å². The molecule has 0 aliphatic heterocycles. The fourth-order valence-corrected chi connectivity index (χ4v) is 12.9. The van der Waals surface area contributed by atoms with E-state index in [0.717, 1.165) is 0 Å². The summed E-state index contributed by atoms with van der Waals surface area (Å²) in [5.41, 5.74) is 3.09. The molecule has 2 atom stereocenters. The Hall–Kier alpha value is -2.56. The van der Waals surface area contributed by atoms with E-state index in [2.05, 4.69) is 121 Å². The van der Waals surface area contributed by atoms with Gasteiger partial charge in [-0.05, 0) is 122 Å². The van der Waals surface area contributed by atoms with Crippen molar-refractivity contribution >= 4 is 49.9 Å². The van der Waals surface area contributed by atoms with Gasteiger partial charge in [-0.25, -0.2) is 0 Å². The third kappa shape index (κ3) is 5.18. The first-order valence-corrected chi connectivity index (χ1v) is 17.8. The molecule has 3 aromatic rings. The summed E-state index contributed by atoms with van der Waals surface area (Å²) in [5.74, 6) is 0. The van der Waals surface area contributed by atoms with Crippen LogP contribution in [0.5, 0.6) is 0 Å². The van der Waals surface area contributed by atoms with E-state index >= 15 is 0 Å². The van der Waals surface area contributed by atoms with E-state index in [-0.39, 0.29) is 0 Å². The van der Waals surface area contributed by atoms with Gasteiger partial charge in [0.1, 0.15) is 0 Å². The van der Waals surface area contributed by atoms with Gasteiger partial charge in [-0.1, -0.05) is 97.1 Å². The van der Waals surface area contributed by atoms with E-state index in [9.17, 15) is 0 Å². The smallest absolute Gasteiger partial charge is 0.0130 e. The van der Waals surface area contributed by atoms with Crippen LogP contribution in [0, 0.1) is 0 Å². The number of thiophene rings is 1. The number of aryl methyl sites for hydroxylation is 2. The number of allylic oxidation sites excluding steroid dienone is 10. The molecule has 1 aromatic heterocycles. The average Bonchev–Trinajstić information content (AvgIpc) is 3.37. The highest BCUT2D eigenvalue weighted by atomic mass is 32.1. The summed E-state index contributed by atoms with van der Waals surface area (Å²) in [7, 11) is -0.877. The van der Waals surface area contributed by atoms with Crippen molar-refractivity contribution in [2.24, 2.45) is 0 Å². The molecule has 0 fully saturated rings. The molecule has 0 spiro atoms. The maximum absolute atomic E-state index is 2.64. The SMILES string of the molecule is C1=CCCC(P(C2=Cc3c(sc4c3C=C(P(C3=CC=CCC3)c3ccccc3)CC4)CC2)c2ccccc2)=C1. The molecule has 0 N–H and O–H groups in total. The zero-order valence-corrected chi connectivity index (χ0v) is 25.0. The number of rotatable bonds is 6. The molecule has 4 aliphatic rings. The highest BCUT2D eigenvalue weighted by molar-refractivity contribution is 7.74. The summed E-state index contributed by atoms with van der Waals surface area (Å²) < 4.78 is 0. The van der Waals surface area contributed by atoms with Crippen molar-refractivity contribution in [3.8, 4) is 0 Å². The molecule has 39 heavy (non-hydrogen) atoms. The molecule has 0 radical (unpaired) electrons. The van der Waals surface area contributed by atoms with E-state index < -0.39 is 15.8 Å². The lowest BCUT2D eigenvalue weighted by Crippen LogP contribution is -2.08. The molecule has 7 rings (SSSR count). The third-order valence-corrected chi connectivity index (χ3v) is 14.9. The van der Waals surface area contributed by atoms with E-state index in [4.69, 9.17) is 0 Å². The molecule has 3 heteroatoms. The van der Waals surface area contributed by atoms with Gasteiger partial charge in [0.15, 0.2) is 0 Å². The summed E-state index contributed by atoms with van der Waals surface area (Å²) in [4.78, 5) is 3.23. The normalized spacial score (nSPS) is 19.7. The minimum absolute atomic E-state index is 0.439. The first-order chi connectivity index (χ1) is 19.3. The van der Waals surface area contributed by atoms with Crippen LogP contribution in [0.15, 0.2) is 118 Å². The van der Waals surface area contributed by atoms with Crippen LogP contribution in [0.3, 0.4) is 0 Å². The van der Waals surface area contributed by atoms with Gasteiger partial charge in [-0.2, -0.15) is 0 Å². The lowest BCUT2D eigenvalue weighted by Gasteiger charge is -2.29. The van der Waals surface area contributed by atoms with Crippen molar-refractivity contribution in [2.75, 3.05) is 0 Å². The Balaban J connectivity index is 1.31. The van der Waals surface area contributed by atoms with Gasteiger partial charge < -0.3 is 0 Å². The Morgan fingerprint density at radius 2 is 0.949 bits per heavy atom. The second-order valence-electron chi connectivity index (χ2n) is 10.6. The fraction of sp³-hybridized carbons (Fsp3) is 0.222. The number of benzene rings is 2. The first-order valence-electron chi connectivity index (χ1n) is 14.3. The molecule has 0 amide bonds. The van der Waals surface area contributed by atoms with Crippen LogP contribution in [0.2, 0.25) is 0 Å². The summed E-state index contributed by atoms with van der Waals surface area (Å²) in [6.45, 7) is 0. The Morgan fingerprint density at radius 3 is 1.36 bits per heavy atom. The Bertz CT molecular complexity index is 1430. The monoisotopic (exact) mass is 560 g/mol. The standard InChI is InChI=1S/C36H34P2S/c1-5-13-27(14-6-1)37(28-15-7-2-8-16-28)31-21-23-35-33(25-31)34-26-32(22-24-36(34)39-35)38(29-17-9-3-10-18-29)30-19-11-4-12-20-30/h1-7,9-11,13-15,17-19,25-26H,8,12,16,20-24H2. The predicted molar refractivity (Wildman–Crippen MR) is 176 cm³/mol. The van der Waals surface area contributed by atoms with Crippen LogP contribution in [-0.2, 0) is 12.8 Å². The number of hydrogen-bond acceptors (Lipinski definition) is 1. The van der Waals surface area contributed by atoms with E-state index in [1.54, 1.807) is 42.1 Å².